The Labute approximate surface area is 203 Å². The Morgan fingerprint density at radius 1 is 1.06 bits per heavy atom. The van der Waals surface area contributed by atoms with Gasteiger partial charge < -0.3 is 14.4 Å². The second-order valence-electron chi connectivity index (χ2n) is 7.65. The number of hydrogen-bond acceptors (Lipinski definition) is 5. The lowest BCUT2D eigenvalue weighted by atomic mass is 10.1. The van der Waals surface area contributed by atoms with Gasteiger partial charge in [-0.2, -0.15) is 0 Å². The predicted molar refractivity (Wildman–Crippen MR) is 131 cm³/mol. The Morgan fingerprint density at radius 2 is 1.82 bits per heavy atom. The zero-order valence-corrected chi connectivity index (χ0v) is 20.1. The number of rotatable bonds is 8. The van der Waals surface area contributed by atoms with Crippen molar-refractivity contribution in [2.24, 2.45) is 0 Å². The van der Waals surface area contributed by atoms with Crippen LogP contribution in [0.5, 0.6) is 11.5 Å². The molecule has 1 heterocycles. The van der Waals surface area contributed by atoms with Crippen LogP contribution in [0.3, 0.4) is 0 Å². The number of fused-ring (bicyclic) bond motifs is 1. The van der Waals surface area contributed by atoms with E-state index in [9.17, 15) is 13.2 Å². The van der Waals surface area contributed by atoms with Crippen LogP contribution in [0.25, 0.3) is 0 Å². The molecule has 0 N–H and O–H groups in total. The van der Waals surface area contributed by atoms with Crippen molar-refractivity contribution in [3.63, 3.8) is 0 Å². The Bertz CT molecular complexity index is 1340. The summed E-state index contributed by atoms with van der Waals surface area (Å²) < 4.78 is 38.9. The maximum Gasteiger partial charge on any atom is 0.264 e. The molecule has 0 unspecified atom stereocenters. The van der Waals surface area contributed by atoms with Crippen molar-refractivity contribution in [2.45, 2.75) is 11.4 Å². The summed E-state index contributed by atoms with van der Waals surface area (Å²) >= 11 is 6.27. The average molecular weight is 499 g/mol. The summed E-state index contributed by atoms with van der Waals surface area (Å²) in [5.41, 5.74) is 1.45. The molecule has 0 spiro atoms. The molecule has 3 aromatic rings. The smallest absolute Gasteiger partial charge is 0.264 e. The molecule has 0 atom stereocenters. The van der Waals surface area contributed by atoms with Gasteiger partial charge in [-0.25, -0.2) is 8.42 Å². The lowest BCUT2D eigenvalue weighted by Gasteiger charge is -2.24. The number of hydrogen-bond donors (Lipinski definition) is 0. The third-order valence-electron chi connectivity index (χ3n) is 5.29. The number of benzene rings is 3. The van der Waals surface area contributed by atoms with Crippen LogP contribution >= 0.6 is 11.6 Å². The Balaban J connectivity index is 1.59. The number of carbonyl (C=O) groups excluding carboxylic acids is 1. The maximum atomic E-state index is 13.5. The maximum absolute atomic E-state index is 13.5. The Kier molecular flexibility index (Phi) is 6.81. The fourth-order valence-electron chi connectivity index (χ4n) is 3.62. The van der Waals surface area contributed by atoms with Gasteiger partial charge >= 0.3 is 0 Å². The first-order valence-corrected chi connectivity index (χ1v) is 12.3. The molecular weight excluding hydrogens is 476 g/mol. The van der Waals surface area contributed by atoms with Gasteiger partial charge in [0, 0.05) is 19.2 Å². The zero-order chi connectivity index (χ0) is 24.3. The van der Waals surface area contributed by atoms with E-state index in [2.05, 4.69) is 6.58 Å². The molecule has 0 radical (unpaired) electrons. The van der Waals surface area contributed by atoms with Crippen molar-refractivity contribution < 1.29 is 22.7 Å². The molecule has 0 bridgehead atoms. The van der Waals surface area contributed by atoms with Crippen LogP contribution in [-0.4, -0.2) is 39.6 Å². The molecule has 34 heavy (non-hydrogen) atoms. The minimum absolute atomic E-state index is 0.0170. The predicted octanol–water partition coefficient (Wildman–Crippen LogP) is 4.72. The molecule has 0 saturated heterocycles. The first-order chi connectivity index (χ1) is 16.3. The van der Waals surface area contributed by atoms with Gasteiger partial charge in [0.2, 0.25) is 6.79 Å². The van der Waals surface area contributed by atoms with Crippen molar-refractivity contribution in [3.8, 4) is 11.5 Å². The number of carbonyl (C=O) groups is 1. The van der Waals surface area contributed by atoms with E-state index in [4.69, 9.17) is 21.1 Å². The van der Waals surface area contributed by atoms with E-state index in [1.54, 1.807) is 49.5 Å². The summed E-state index contributed by atoms with van der Waals surface area (Å²) in [5.74, 6) is 0.981. The van der Waals surface area contributed by atoms with Crippen LogP contribution in [0.15, 0.2) is 84.3 Å². The first-order valence-electron chi connectivity index (χ1n) is 10.4. The summed E-state index contributed by atoms with van der Waals surface area (Å²) in [4.78, 5) is 14.6. The minimum Gasteiger partial charge on any atom is -0.454 e. The third-order valence-corrected chi connectivity index (χ3v) is 7.38. The molecule has 0 aromatic heterocycles. The first kappa shape index (κ1) is 23.7. The number of amides is 1. The molecule has 9 heteroatoms. The van der Waals surface area contributed by atoms with E-state index in [-0.39, 0.29) is 29.7 Å². The molecule has 1 aliphatic rings. The largest absolute Gasteiger partial charge is 0.454 e. The quantitative estimate of drug-likeness (QED) is 0.420. The summed E-state index contributed by atoms with van der Waals surface area (Å²) in [6.45, 7) is 4.18. The monoisotopic (exact) mass is 498 g/mol. The van der Waals surface area contributed by atoms with Crippen LogP contribution in [0.4, 0.5) is 5.69 Å². The van der Waals surface area contributed by atoms with Crippen LogP contribution in [0, 0.1) is 0 Å². The highest BCUT2D eigenvalue weighted by atomic mass is 35.5. The average Bonchev–Trinajstić information content (AvgIpc) is 3.30. The van der Waals surface area contributed by atoms with E-state index in [0.29, 0.717) is 28.8 Å². The van der Waals surface area contributed by atoms with E-state index in [1.165, 1.54) is 27.4 Å². The van der Waals surface area contributed by atoms with Gasteiger partial charge in [0.15, 0.2) is 11.5 Å². The van der Waals surface area contributed by atoms with Gasteiger partial charge in [0.1, 0.15) is 0 Å². The number of sulfonamides is 1. The number of anilines is 1. The standard InChI is InChI=1S/C25H23ClN2O5S/c1-3-13-28(22-10-5-4-9-21(22)26)34(30,31)20-8-6-7-19(15-20)25(29)27(2)16-18-11-12-23-24(14-18)33-17-32-23/h3-12,14-15H,1,13,16-17H2,2H3. The van der Waals surface area contributed by atoms with Gasteiger partial charge in [-0.1, -0.05) is 41.9 Å². The number of para-hydroxylation sites is 1. The highest BCUT2D eigenvalue weighted by Gasteiger charge is 2.27. The van der Waals surface area contributed by atoms with E-state index < -0.39 is 10.0 Å². The fourth-order valence-corrected chi connectivity index (χ4v) is 5.41. The molecule has 0 saturated carbocycles. The van der Waals surface area contributed by atoms with Crippen molar-refractivity contribution in [2.75, 3.05) is 24.7 Å². The molecular formula is C25H23ClN2O5S. The molecule has 0 fully saturated rings. The van der Waals surface area contributed by atoms with E-state index in [1.807, 2.05) is 12.1 Å². The number of halogens is 1. The topological polar surface area (TPSA) is 76.2 Å². The molecule has 1 aliphatic heterocycles. The van der Waals surface area contributed by atoms with E-state index >= 15 is 0 Å². The molecule has 3 aromatic carbocycles. The Hall–Kier alpha value is -3.49. The SMILES string of the molecule is C=CCN(c1ccccc1Cl)S(=O)(=O)c1cccc(C(=O)N(C)Cc2ccc3c(c2)OCO3)c1. The van der Waals surface area contributed by atoms with Crippen molar-refractivity contribution in [3.05, 3.63) is 95.5 Å². The highest BCUT2D eigenvalue weighted by Crippen LogP contribution is 2.33. The summed E-state index contributed by atoms with van der Waals surface area (Å²) in [6, 6.07) is 18.1. The molecule has 176 valence electrons. The lowest BCUT2D eigenvalue weighted by molar-refractivity contribution is 0.0784. The fraction of sp³-hybridized carbons (Fsp3) is 0.160. The van der Waals surface area contributed by atoms with Crippen LogP contribution < -0.4 is 13.8 Å². The van der Waals surface area contributed by atoms with Gasteiger partial charge in [0.25, 0.3) is 15.9 Å². The normalized spacial score (nSPS) is 12.3. The summed E-state index contributed by atoms with van der Waals surface area (Å²) in [7, 11) is -2.36. The zero-order valence-electron chi connectivity index (χ0n) is 18.5. The van der Waals surface area contributed by atoms with Crippen LogP contribution in [-0.2, 0) is 16.6 Å². The van der Waals surface area contributed by atoms with Crippen LogP contribution in [0.2, 0.25) is 5.02 Å². The summed E-state index contributed by atoms with van der Waals surface area (Å²) in [6.07, 6.45) is 1.48. The molecule has 0 aliphatic carbocycles. The third kappa shape index (κ3) is 4.73. The highest BCUT2D eigenvalue weighted by molar-refractivity contribution is 7.92. The van der Waals surface area contributed by atoms with Crippen molar-refractivity contribution >= 4 is 33.2 Å². The molecule has 7 nitrogen and oxygen atoms in total. The number of nitrogens with zero attached hydrogens (tertiary/aromatic N) is 2. The second-order valence-corrected chi connectivity index (χ2v) is 9.92. The van der Waals surface area contributed by atoms with Crippen molar-refractivity contribution in [1.29, 1.82) is 0 Å². The number of ether oxygens (including phenoxy) is 2. The van der Waals surface area contributed by atoms with Crippen molar-refractivity contribution in [1.82, 2.24) is 4.90 Å². The van der Waals surface area contributed by atoms with Gasteiger partial charge in [-0.3, -0.25) is 9.10 Å². The minimum atomic E-state index is -4.01. The Morgan fingerprint density at radius 3 is 2.59 bits per heavy atom. The van der Waals surface area contributed by atoms with Crippen LogP contribution in [0.1, 0.15) is 15.9 Å². The summed E-state index contributed by atoms with van der Waals surface area (Å²) in [5, 5.41) is 0.295. The van der Waals surface area contributed by atoms with Gasteiger partial charge in [-0.05, 0) is 48.0 Å². The second kappa shape index (κ2) is 9.79. The molecule has 4 rings (SSSR count). The lowest BCUT2D eigenvalue weighted by Crippen LogP contribution is -2.32. The van der Waals surface area contributed by atoms with E-state index in [0.717, 1.165) is 5.56 Å². The molecule has 1 amide bonds. The van der Waals surface area contributed by atoms with Gasteiger partial charge in [-0.15, -0.1) is 6.58 Å². The van der Waals surface area contributed by atoms with Gasteiger partial charge in [0.05, 0.1) is 22.2 Å².